The molecular weight excluding hydrogens is 344 g/mol. The molecule has 25 heavy (non-hydrogen) atoms. The Labute approximate surface area is 148 Å². The van der Waals surface area contributed by atoms with E-state index in [2.05, 4.69) is 22.4 Å². The maximum absolute atomic E-state index is 12.6. The predicted molar refractivity (Wildman–Crippen MR) is 92.1 cm³/mol. The highest BCUT2D eigenvalue weighted by Gasteiger charge is 2.24. The first kappa shape index (κ1) is 19.5. The van der Waals surface area contributed by atoms with Gasteiger partial charge in [-0.1, -0.05) is 36.6 Å². The van der Waals surface area contributed by atoms with Crippen LogP contribution < -0.4 is 0 Å². The maximum atomic E-state index is 12.6. The number of ether oxygens (including phenoxy) is 2. The van der Waals surface area contributed by atoms with Crippen LogP contribution >= 0.6 is 0 Å². The Hall–Kier alpha value is -1.84. The predicted octanol–water partition coefficient (Wildman–Crippen LogP) is 2.01. The van der Waals surface area contributed by atoms with E-state index in [0.29, 0.717) is 18.5 Å². The average Bonchev–Trinajstić information content (AvgIpc) is 3.11. The van der Waals surface area contributed by atoms with Gasteiger partial charge in [0.15, 0.2) is 0 Å². The molecule has 0 unspecified atom stereocenters. The number of methoxy groups -OCH3 is 1. The van der Waals surface area contributed by atoms with Gasteiger partial charge in [0.25, 0.3) is 5.16 Å². The van der Waals surface area contributed by atoms with Crippen molar-refractivity contribution in [3.05, 3.63) is 30.3 Å². The maximum Gasteiger partial charge on any atom is 0.272 e. The molecule has 0 bridgehead atoms. The number of aromatic nitrogens is 4. The Balaban J connectivity index is 2.02. The number of hydrogen-bond donors (Lipinski definition) is 0. The molecule has 0 aliphatic heterocycles. The van der Waals surface area contributed by atoms with Crippen molar-refractivity contribution in [2.75, 3.05) is 19.7 Å². The van der Waals surface area contributed by atoms with E-state index in [1.807, 2.05) is 6.07 Å². The van der Waals surface area contributed by atoms with Crippen molar-refractivity contribution in [1.82, 2.24) is 20.2 Å². The highest BCUT2D eigenvalue weighted by atomic mass is 32.2. The van der Waals surface area contributed by atoms with Crippen LogP contribution in [0.25, 0.3) is 5.69 Å². The Kier molecular flexibility index (Phi) is 7.48. The monoisotopic (exact) mass is 368 g/mol. The molecule has 0 saturated carbocycles. The van der Waals surface area contributed by atoms with Crippen LogP contribution in [0.3, 0.4) is 0 Å². The molecule has 1 aromatic heterocycles. The van der Waals surface area contributed by atoms with Crippen LogP contribution in [0.5, 0.6) is 0 Å². The lowest BCUT2D eigenvalue weighted by Crippen LogP contribution is -2.18. The van der Waals surface area contributed by atoms with Crippen LogP contribution in [-0.2, 0) is 19.3 Å². The van der Waals surface area contributed by atoms with Gasteiger partial charge in [-0.3, -0.25) is 0 Å². The number of sulfone groups is 1. The fourth-order valence-electron chi connectivity index (χ4n) is 2.49. The van der Waals surface area contributed by atoms with Crippen LogP contribution in [0.15, 0.2) is 35.5 Å². The molecule has 2 rings (SSSR count). The second kappa shape index (κ2) is 9.59. The van der Waals surface area contributed by atoms with E-state index < -0.39 is 9.84 Å². The second-order valence-electron chi connectivity index (χ2n) is 5.65. The first-order chi connectivity index (χ1) is 12.1. The summed E-state index contributed by atoms with van der Waals surface area (Å²) in [5, 5.41) is 10.9. The number of nitrogens with zero attached hydrogens (tertiary/aromatic N) is 4. The van der Waals surface area contributed by atoms with Crippen LogP contribution in [0.1, 0.15) is 32.6 Å². The molecule has 0 amide bonds. The van der Waals surface area contributed by atoms with Crippen molar-refractivity contribution < 1.29 is 17.9 Å². The summed E-state index contributed by atoms with van der Waals surface area (Å²) in [6.07, 6.45) is 2.94. The van der Waals surface area contributed by atoms with Gasteiger partial charge in [-0.15, -0.1) is 0 Å². The lowest BCUT2D eigenvalue weighted by atomic mass is 10.1. The Morgan fingerprint density at radius 3 is 2.64 bits per heavy atom. The highest BCUT2D eigenvalue weighted by molar-refractivity contribution is 7.91. The van der Waals surface area contributed by atoms with Gasteiger partial charge < -0.3 is 9.47 Å². The van der Waals surface area contributed by atoms with Crippen LogP contribution in [0.2, 0.25) is 0 Å². The lowest BCUT2D eigenvalue weighted by molar-refractivity contribution is -0.0766. The molecule has 0 aliphatic rings. The van der Waals surface area contributed by atoms with Crippen molar-refractivity contribution in [3.63, 3.8) is 0 Å². The molecular formula is C16H24N4O4S. The molecule has 1 aromatic carbocycles. The molecule has 8 nitrogen and oxygen atoms in total. The zero-order chi connectivity index (χ0) is 18.1. The number of tetrazole rings is 1. The third-order valence-corrected chi connectivity index (χ3v) is 5.33. The van der Waals surface area contributed by atoms with Crippen molar-refractivity contribution in [3.8, 4) is 5.69 Å². The molecule has 2 aromatic rings. The minimum Gasteiger partial charge on any atom is -0.359 e. The van der Waals surface area contributed by atoms with E-state index in [4.69, 9.17) is 9.47 Å². The quantitative estimate of drug-likeness (QED) is 0.560. The van der Waals surface area contributed by atoms with E-state index in [0.717, 1.165) is 12.8 Å². The molecule has 1 atom stereocenters. The summed E-state index contributed by atoms with van der Waals surface area (Å²) in [5.41, 5.74) is 0.610. The molecule has 0 N–H and O–H groups in total. The molecule has 0 spiro atoms. The molecule has 138 valence electrons. The summed E-state index contributed by atoms with van der Waals surface area (Å²) in [6.45, 7) is 2.28. The zero-order valence-corrected chi connectivity index (χ0v) is 15.4. The standard InChI is InChI=1S/C16H24N4O4S/c1-3-8-15(24-13-23-2)11-7-12-25(21,22)16-17-18-19-20(16)14-9-5-4-6-10-14/h4-6,9-10,15H,3,7-8,11-13H2,1-2H3/t15-/m0/s1. The van der Waals surface area contributed by atoms with Gasteiger partial charge in [-0.05, 0) is 41.8 Å². The number of benzene rings is 1. The summed E-state index contributed by atoms with van der Waals surface area (Å²) in [6, 6.07) is 8.96. The largest absolute Gasteiger partial charge is 0.359 e. The van der Waals surface area contributed by atoms with Crippen molar-refractivity contribution in [2.45, 2.75) is 43.9 Å². The Bertz CT molecular complexity index is 734. The number of rotatable bonds is 11. The van der Waals surface area contributed by atoms with E-state index in [1.54, 1.807) is 31.4 Å². The van der Waals surface area contributed by atoms with Gasteiger partial charge in [0.1, 0.15) is 6.79 Å². The topological polar surface area (TPSA) is 96.2 Å². The van der Waals surface area contributed by atoms with E-state index >= 15 is 0 Å². The normalized spacial score (nSPS) is 13.0. The molecule has 0 fully saturated rings. The second-order valence-corrected chi connectivity index (χ2v) is 7.66. The molecule has 0 saturated heterocycles. The summed E-state index contributed by atoms with van der Waals surface area (Å²) >= 11 is 0. The van der Waals surface area contributed by atoms with Crippen LogP contribution in [0, 0.1) is 0 Å². The Morgan fingerprint density at radius 2 is 1.96 bits per heavy atom. The zero-order valence-electron chi connectivity index (χ0n) is 14.5. The van der Waals surface area contributed by atoms with Gasteiger partial charge in [0, 0.05) is 7.11 Å². The first-order valence-corrected chi connectivity index (χ1v) is 9.90. The van der Waals surface area contributed by atoms with Crippen LogP contribution in [0.4, 0.5) is 0 Å². The highest BCUT2D eigenvalue weighted by Crippen LogP contribution is 2.16. The molecule has 9 heteroatoms. The SMILES string of the molecule is CCC[C@@H](CCCS(=O)(=O)c1nnnn1-c1ccccc1)OCOC. The first-order valence-electron chi connectivity index (χ1n) is 8.25. The third-order valence-electron chi connectivity index (χ3n) is 3.69. The summed E-state index contributed by atoms with van der Waals surface area (Å²) < 4.78 is 37.0. The fourth-order valence-corrected chi connectivity index (χ4v) is 3.79. The minimum atomic E-state index is -3.59. The van der Waals surface area contributed by atoms with Gasteiger partial charge in [0.2, 0.25) is 9.84 Å². The summed E-state index contributed by atoms with van der Waals surface area (Å²) in [5.74, 6) is -0.0310. The minimum absolute atomic E-state index is 0.00901. The molecule has 0 radical (unpaired) electrons. The van der Waals surface area contributed by atoms with Crippen LogP contribution in [-0.4, -0.2) is 54.4 Å². The van der Waals surface area contributed by atoms with E-state index in [1.165, 1.54) is 4.68 Å². The Morgan fingerprint density at radius 1 is 1.20 bits per heavy atom. The molecule has 1 heterocycles. The summed E-state index contributed by atoms with van der Waals surface area (Å²) in [7, 11) is -2.02. The third kappa shape index (κ3) is 5.58. The smallest absolute Gasteiger partial charge is 0.272 e. The van der Waals surface area contributed by atoms with Gasteiger partial charge >= 0.3 is 0 Å². The number of para-hydroxylation sites is 1. The van der Waals surface area contributed by atoms with Gasteiger partial charge in [-0.25, -0.2) is 8.42 Å². The lowest BCUT2D eigenvalue weighted by Gasteiger charge is -2.16. The van der Waals surface area contributed by atoms with E-state index in [-0.39, 0.29) is 23.8 Å². The fraction of sp³-hybridized carbons (Fsp3) is 0.562. The van der Waals surface area contributed by atoms with Crippen molar-refractivity contribution in [2.24, 2.45) is 0 Å². The number of hydrogen-bond acceptors (Lipinski definition) is 7. The van der Waals surface area contributed by atoms with E-state index in [9.17, 15) is 8.42 Å². The van der Waals surface area contributed by atoms with Gasteiger partial charge in [0.05, 0.1) is 17.5 Å². The van der Waals surface area contributed by atoms with Crippen molar-refractivity contribution in [1.29, 1.82) is 0 Å². The molecule has 0 aliphatic carbocycles. The van der Waals surface area contributed by atoms with Crippen molar-refractivity contribution >= 4 is 9.84 Å². The van der Waals surface area contributed by atoms with Gasteiger partial charge in [-0.2, -0.15) is 4.68 Å². The summed E-state index contributed by atoms with van der Waals surface area (Å²) in [4.78, 5) is 0. The average molecular weight is 368 g/mol.